The van der Waals surface area contributed by atoms with Crippen molar-refractivity contribution in [3.05, 3.63) is 217 Å². The van der Waals surface area contributed by atoms with Crippen molar-refractivity contribution in [1.82, 2.24) is 4.57 Å². The molecule has 2 heterocycles. The van der Waals surface area contributed by atoms with Gasteiger partial charge in [0.2, 0.25) is 0 Å². The number of rotatable bonds is 7. The summed E-state index contributed by atoms with van der Waals surface area (Å²) in [6.07, 6.45) is 0. The van der Waals surface area contributed by atoms with Crippen LogP contribution in [0.3, 0.4) is 0 Å². The zero-order chi connectivity index (χ0) is 39.5. The maximum atomic E-state index is 6.80. The third kappa shape index (κ3) is 5.90. The average molecular weight is 757 g/mol. The Balaban J connectivity index is 1.15. The summed E-state index contributed by atoms with van der Waals surface area (Å²) in [5, 5.41) is 4.66. The molecule has 0 spiro atoms. The van der Waals surface area contributed by atoms with E-state index >= 15 is 0 Å². The fraction of sp³-hybridized carbons (Fsp3) is 0.0357. The highest BCUT2D eigenvalue weighted by Crippen LogP contribution is 2.45. The summed E-state index contributed by atoms with van der Waals surface area (Å²) in [4.78, 5) is 2.41. The van der Waals surface area contributed by atoms with Crippen LogP contribution < -0.4 is 4.90 Å². The highest BCUT2D eigenvalue weighted by molar-refractivity contribution is 6.12. The first kappa shape index (κ1) is 34.6. The van der Waals surface area contributed by atoms with Gasteiger partial charge in [-0.3, -0.25) is 0 Å². The van der Waals surface area contributed by atoms with Crippen molar-refractivity contribution in [3.63, 3.8) is 0 Å². The van der Waals surface area contributed by atoms with Gasteiger partial charge in [-0.1, -0.05) is 140 Å². The van der Waals surface area contributed by atoms with Crippen LogP contribution in [0.15, 0.2) is 211 Å². The Morgan fingerprint density at radius 1 is 0.373 bits per heavy atom. The number of hydrogen-bond donors (Lipinski definition) is 0. The summed E-state index contributed by atoms with van der Waals surface area (Å²) in [5.74, 6) is 0. The molecule has 11 rings (SSSR count). The Labute approximate surface area is 343 Å². The minimum Gasteiger partial charge on any atom is -0.455 e. The Kier molecular flexibility index (Phi) is 8.27. The fourth-order valence-electron chi connectivity index (χ4n) is 9.07. The molecule has 0 aliphatic heterocycles. The molecular formula is C56H40N2O. The van der Waals surface area contributed by atoms with Crippen LogP contribution in [0.2, 0.25) is 0 Å². The van der Waals surface area contributed by atoms with Crippen molar-refractivity contribution >= 4 is 60.8 Å². The number of benzene rings is 9. The second-order valence-electron chi connectivity index (χ2n) is 15.5. The molecule has 0 N–H and O–H groups in total. The monoisotopic (exact) mass is 756 g/mol. The first-order chi connectivity index (χ1) is 29.1. The summed E-state index contributed by atoms with van der Waals surface area (Å²) in [6.45, 7) is 4.43. The SMILES string of the molecule is Cc1cc(N(c2ccc(-c3ccccc3)c(C)c2)c2cc(-c3cccc(-n4c5ccccc5c5ccccc54)c3)c3oc4ccccc4c3c2)ccc1-c1ccccc1. The van der Waals surface area contributed by atoms with E-state index in [9.17, 15) is 0 Å². The molecule has 0 aliphatic rings. The van der Waals surface area contributed by atoms with Crippen LogP contribution in [0.5, 0.6) is 0 Å². The van der Waals surface area contributed by atoms with Gasteiger partial charge in [0, 0.05) is 49.9 Å². The molecule has 2 aromatic heterocycles. The summed E-state index contributed by atoms with van der Waals surface area (Å²) >= 11 is 0. The number of aryl methyl sites for hydroxylation is 2. The highest BCUT2D eigenvalue weighted by Gasteiger charge is 2.22. The summed E-state index contributed by atoms with van der Waals surface area (Å²) in [7, 11) is 0. The Hall–Kier alpha value is -7.62. The molecule has 0 radical (unpaired) electrons. The van der Waals surface area contributed by atoms with Crippen molar-refractivity contribution in [2.24, 2.45) is 0 Å². The molecular weight excluding hydrogens is 717 g/mol. The highest BCUT2D eigenvalue weighted by atomic mass is 16.3. The first-order valence-corrected chi connectivity index (χ1v) is 20.3. The predicted molar refractivity (Wildman–Crippen MR) is 249 cm³/mol. The van der Waals surface area contributed by atoms with Gasteiger partial charge in [0.05, 0.1) is 11.0 Å². The van der Waals surface area contributed by atoms with Crippen molar-refractivity contribution in [2.45, 2.75) is 13.8 Å². The molecule has 280 valence electrons. The van der Waals surface area contributed by atoms with Crippen LogP contribution in [-0.4, -0.2) is 4.57 Å². The van der Waals surface area contributed by atoms with E-state index in [1.807, 2.05) is 0 Å². The lowest BCUT2D eigenvalue weighted by atomic mass is 9.97. The quantitative estimate of drug-likeness (QED) is 0.161. The van der Waals surface area contributed by atoms with Gasteiger partial charge >= 0.3 is 0 Å². The number of furan rings is 1. The molecule has 0 amide bonds. The molecule has 9 aromatic carbocycles. The van der Waals surface area contributed by atoms with Crippen LogP contribution >= 0.6 is 0 Å². The average Bonchev–Trinajstić information content (AvgIpc) is 3.83. The lowest BCUT2D eigenvalue weighted by molar-refractivity contribution is 0.670. The summed E-state index contributed by atoms with van der Waals surface area (Å²) < 4.78 is 9.18. The number of para-hydroxylation sites is 3. The van der Waals surface area contributed by atoms with Crippen LogP contribution in [-0.2, 0) is 0 Å². The lowest BCUT2D eigenvalue weighted by Gasteiger charge is -2.28. The molecule has 0 bridgehead atoms. The molecule has 0 aliphatic carbocycles. The van der Waals surface area contributed by atoms with E-state index in [2.05, 4.69) is 230 Å². The Morgan fingerprint density at radius 3 is 1.49 bits per heavy atom. The molecule has 3 heteroatoms. The van der Waals surface area contributed by atoms with Gasteiger partial charge in [0.25, 0.3) is 0 Å². The van der Waals surface area contributed by atoms with Gasteiger partial charge in [-0.05, 0) is 120 Å². The maximum Gasteiger partial charge on any atom is 0.143 e. The molecule has 0 saturated carbocycles. The van der Waals surface area contributed by atoms with Gasteiger partial charge in [0.15, 0.2) is 0 Å². The van der Waals surface area contributed by atoms with Gasteiger partial charge in [0.1, 0.15) is 11.2 Å². The second kappa shape index (κ2) is 14.1. The largest absolute Gasteiger partial charge is 0.455 e. The summed E-state index contributed by atoms with van der Waals surface area (Å²) in [6, 6.07) is 74.3. The molecule has 3 nitrogen and oxygen atoms in total. The fourth-order valence-corrected chi connectivity index (χ4v) is 9.07. The van der Waals surface area contributed by atoms with Gasteiger partial charge in [-0.25, -0.2) is 0 Å². The zero-order valence-electron chi connectivity index (χ0n) is 32.9. The van der Waals surface area contributed by atoms with Crippen molar-refractivity contribution in [1.29, 1.82) is 0 Å². The normalized spacial score (nSPS) is 11.6. The first-order valence-electron chi connectivity index (χ1n) is 20.3. The lowest BCUT2D eigenvalue weighted by Crippen LogP contribution is -2.11. The van der Waals surface area contributed by atoms with E-state index in [0.29, 0.717) is 0 Å². The minimum absolute atomic E-state index is 0.872. The maximum absolute atomic E-state index is 6.80. The number of aromatic nitrogens is 1. The predicted octanol–water partition coefficient (Wildman–Crippen LogP) is 15.8. The van der Waals surface area contributed by atoms with E-state index in [0.717, 1.165) is 55.8 Å². The molecule has 59 heavy (non-hydrogen) atoms. The van der Waals surface area contributed by atoms with E-state index in [1.165, 1.54) is 55.2 Å². The van der Waals surface area contributed by atoms with Crippen molar-refractivity contribution in [3.8, 4) is 39.1 Å². The van der Waals surface area contributed by atoms with Gasteiger partial charge in [-0.15, -0.1) is 0 Å². The van der Waals surface area contributed by atoms with Gasteiger partial charge in [-0.2, -0.15) is 0 Å². The zero-order valence-corrected chi connectivity index (χ0v) is 32.9. The van der Waals surface area contributed by atoms with Crippen LogP contribution in [0, 0.1) is 13.8 Å². The molecule has 11 aromatic rings. The Bertz CT molecular complexity index is 3210. The number of fused-ring (bicyclic) bond motifs is 6. The van der Waals surface area contributed by atoms with Crippen LogP contribution in [0.1, 0.15) is 11.1 Å². The third-order valence-electron chi connectivity index (χ3n) is 11.8. The third-order valence-corrected chi connectivity index (χ3v) is 11.8. The standard InChI is InChI=1S/C56H40N2O/c1-37-32-43(28-30-46(37)39-16-5-3-6-17-39)57(44-29-31-47(38(2)33-44)40-18-7-4-8-19-40)45-35-51(56-52(36-45)50-24-11-14-27-55(50)59-56)41-20-15-21-42(34-41)58-53-25-12-9-22-48(53)49-23-10-13-26-54(49)58/h3-36H,1-2H3. The van der Waals surface area contributed by atoms with Crippen LogP contribution in [0.25, 0.3) is 82.8 Å². The van der Waals surface area contributed by atoms with Crippen molar-refractivity contribution < 1.29 is 4.42 Å². The van der Waals surface area contributed by atoms with E-state index in [4.69, 9.17) is 4.42 Å². The molecule has 0 fully saturated rings. The molecule has 0 saturated heterocycles. The number of anilines is 3. The number of hydrogen-bond acceptors (Lipinski definition) is 2. The Morgan fingerprint density at radius 2 is 0.898 bits per heavy atom. The van der Waals surface area contributed by atoms with Crippen molar-refractivity contribution in [2.75, 3.05) is 4.90 Å². The number of nitrogens with zero attached hydrogens (tertiary/aromatic N) is 2. The minimum atomic E-state index is 0.872. The second-order valence-corrected chi connectivity index (χ2v) is 15.5. The van der Waals surface area contributed by atoms with E-state index in [1.54, 1.807) is 0 Å². The van der Waals surface area contributed by atoms with E-state index in [-0.39, 0.29) is 0 Å². The summed E-state index contributed by atoms with van der Waals surface area (Å²) in [5.41, 5.74) is 17.9. The topological polar surface area (TPSA) is 21.3 Å². The molecule has 0 unspecified atom stereocenters. The van der Waals surface area contributed by atoms with E-state index < -0.39 is 0 Å². The van der Waals surface area contributed by atoms with Gasteiger partial charge < -0.3 is 13.9 Å². The smallest absolute Gasteiger partial charge is 0.143 e. The molecule has 0 atom stereocenters. The van der Waals surface area contributed by atoms with Crippen LogP contribution in [0.4, 0.5) is 17.1 Å².